The van der Waals surface area contributed by atoms with Crippen molar-refractivity contribution < 1.29 is 9.53 Å². The third-order valence-electron chi connectivity index (χ3n) is 3.72. The molecule has 0 bridgehead atoms. The lowest BCUT2D eigenvalue weighted by Crippen LogP contribution is -2.55. The van der Waals surface area contributed by atoms with Crippen LogP contribution in [-0.2, 0) is 29.2 Å². The molecule has 0 aliphatic rings. The molecule has 0 N–H and O–H groups in total. The van der Waals surface area contributed by atoms with Crippen LogP contribution in [0, 0.1) is 0 Å². The van der Waals surface area contributed by atoms with Gasteiger partial charge in [0.1, 0.15) is 6.10 Å². The van der Waals surface area contributed by atoms with Gasteiger partial charge in [-0.1, -0.05) is 25.7 Å². The second kappa shape index (κ2) is 9.55. The first kappa shape index (κ1) is 21.1. The quantitative estimate of drug-likeness (QED) is 0.349. The minimum absolute atomic E-state index is 0.0334. The van der Waals surface area contributed by atoms with Crippen LogP contribution in [0.3, 0.4) is 0 Å². The van der Waals surface area contributed by atoms with E-state index >= 15 is 0 Å². The summed E-state index contributed by atoms with van der Waals surface area (Å²) in [5.41, 5.74) is -1.99. The molecule has 0 aromatic carbocycles. The summed E-state index contributed by atoms with van der Waals surface area (Å²) in [5, 5.41) is 0. The van der Waals surface area contributed by atoms with Crippen LogP contribution >= 0.6 is 0 Å². The van der Waals surface area contributed by atoms with Gasteiger partial charge in [-0.05, 0) is 19.8 Å². The Hall–Kier alpha value is -2.90. The number of carbonyl (C=O) groups excluding carboxylic acids is 1. The highest BCUT2D eigenvalue weighted by Gasteiger charge is 2.20. The third-order valence-corrected chi connectivity index (χ3v) is 3.72. The van der Waals surface area contributed by atoms with Gasteiger partial charge in [-0.15, -0.1) is 13.2 Å². The van der Waals surface area contributed by atoms with Crippen LogP contribution in [0.5, 0.6) is 0 Å². The zero-order valence-corrected chi connectivity index (χ0v) is 15.3. The molecule has 1 atom stereocenters. The van der Waals surface area contributed by atoms with E-state index in [-0.39, 0.29) is 25.2 Å². The number of rotatable bonds is 10. The van der Waals surface area contributed by atoms with Crippen LogP contribution in [-0.4, -0.2) is 25.8 Å². The van der Waals surface area contributed by atoms with Crippen molar-refractivity contribution in [3.63, 3.8) is 0 Å². The van der Waals surface area contributed by atoms with E-state index in [1.807, 2.05) is 0 Å². The molecule has 0 saturated heterocycles. The fourth-order valence-electron chi connectivity index (χ4n) is 2.24. The van der Waals surface area contributed by atoms with E-state index in [1.165, 1.54) is 13.0 Å². The molecule has 0 amide bonds. The smallest absolute Gasteiger partial charge is 0.336 e. The standard InChI is InChI=1S/C18H25N3O5/c1-6-9-11-20-16(23)19(10-7-2)17(24)21(18(20)25)12-14(8-3)26-15(22)13(4)5/h6-7,14H,1-2,4,8-12H2,3,5H3. The largest absolute Gasteiger partial charge is 0.457 e. The first-order valence-corrected chi connectivity index (χ1v) is 8.31. The molecule has 0 fully saturated rings. The summed E-state index contributed by atoms with van der Waals surface area (Å²) in [5.74, 6) is -0.601. The number of ether oxygens (including phenoxy) is 1. The van der Waals surface area contributed by atoms with Gasteiger partial charge in [0.2, 0.25) is 0 Å². The topological polar surface area (TPSA) is 92.3 Å². The Morgan fingerprint density at radius 3 is 2.15 bits per heavy atom. The number of carbonyl (C=O) groups is 1. The molecule has 142 valence electrons. The van der Waals surface area contributed by atoms with Gasteiger partial charge in [0.25, 0.3) is 0 Å². The maximum absolute atomic E-state index is 12.6. The first-order valence-electron chi connectivity index (χ1n) is 8.31. The zero-order chi connectivity index (χ0) is 19.9. The van der Waals surface area contributed by atoms with Crippen LogP contribution in [0.4, 0.5) is 0 Å². The second-order valence-corrected chi connectivity index (χ2v) is 5.80. The predicted octanol–water partition coefficient (Wildman–Crippen LogP) is 0.832. The minimum atomic E-state index is -0.764. The van der Waals surface area contributed by atoms with Crippen molar-refractivity contribution in [2.45, 2.75) is 52.4 Å². The fraction of sp³-hybridized carbons (Fsp3) is 0.444. The van der Waals surface area contributed by atoms with Crippen molar-refractivity contribution in [1.29, 1.82) is 0 Å². The number of allylic oxidation sites excluding steroid dienone is 2. The Morgan fingerprint density at radius 1 is 1.08 bits per heavy atom. The summed E-state index contributed by atoms with van der Waals surface area (Å²) < 4.78 is 8.06. The summed E-state index contributed by atoms with van der Waals surface area (Å²) in [4.78, 5) is 49.4. The van der Waals surface area contributed by atoms with E-state index < -0.39 is 29.1 Å². The molecule has 1 rings (SSSR count). The van der Waals surface area contributed by atoms with Crippen LogP contribution in [0.2, 0.25) is 0 Å². The Bertz CT molecular complexity index is 872. The highest BCUT2D eigenvalue weighted by molar-refractivity contribution is 5.87. The highest BCUT2D eigenvalue weighted by Crippen LogP contribution is 2.04. The normalized spacial score (nSPS) is 11.6. The lowest BCUT2D eigenvalue weighted by molar-refractivity contribution is -0.145. The summed E-state index contributed by atoms with van der Waals surface area (Å²) in [7, 11) is 0. The van der Waals surface area contributed by atoms with Crippen LogP contribution < -0.4 is 17.1 Å². The summed E-state index contributed by atoms with van der Waals surface area (Å²) in [6, 6.07) is 0. The van der Waals surface area contributed by atoms with Crippen molar-refractivity contribution in [1.82, 2.24) is 13.7 Å². The molecule has 1 aromatic rings. The highest BCUT2D eigenvalue weighted by atomic mass is 16.5. The molecular weight excluding hydrogens is 338 g/mol. The Kier molecular flexibility index (Phi) is 7.77. The molecule has 1 unspecified atom stereocenters. The molecule has 8 heteroatoms. The van der Waals surface area contributed by atoms with Gasteiger partial charge in [-0.25, -0.2) is 32.9 Å². The van der Waals surface area contributed by atoms with E-state index in [9.17, 15) is 19.2 Å². The van der Waals surface area contributed by atoms with Gasteiger partial charge >= 0.3 is 23.0 Å². The summed E-state index contributed by atoms with van der Waals surface area (Å²) in [6.07, 6.45) is 3.05. The molecule has 0 saturated carbocycles. The number of nitrogens with zero attached hydrogens (tertiary/aromatic N) is 3. The molecule has 0 spiro atoms. The van der Waals surface area contributed by atoms with Gasteiger partial charge in [-0.3, -0.25) is 0 Å². The molecule has 0 radical (unpaired) electrons. The first-order chi connectivity index (χ1) is 12.3. The van der Waals surface area contributed by atoms with Crippen molar-refractivity contribution in [2.24, 2.45) is 0 Å². The number of hydrogen-bond donors (Lipinski definition) is 0. The van der Waals surface area contributed by atoms with Crippen molar-refractivity contribution >= 4 is 5.97 Å². The lowest BCUT2D eigenvalue weighted by atomic mass is 10.2. The van der Waals surface area contributed by atoms with Gasteiger partial charge in [0.15, 0.2) is 0 Å². The maximum Gasteiger partial charge on any atom is 0.336 e. The van der Waals surface area contributed by atoms with Crippen molar-refractivity contribution in [2.75, 3.05) is 0 Å². The molecular formula is C18H25N3O5. The molecule has 8 nitrogen and oxygen atoms in total. The monoisotopic (exact) mass is 363 g/mol. The number of esters is 1. The van der Waals surface area contributed by atoms with E-state index in [0.29, 0.717) is 12.8 Å². The Morgan fingerprint density at radius 2 is 1.65 bits per heavy atom. The average molecular weight is 363 g/mol. The van der Waals surface area contributed by atoms with Gasteiger partial charge < -0.3 is 4.74 Å². The van der Waals surface area contributed by atoms with E-state index in [4.69, 9.17) is 4.74 Å². The van der Waals surface area contributed by atoms with E-state index in [1.54, 1.807) is 13.0 Å². The summed E-state index contributed by atoms with van der Waals surface area (Å²) in [6.45, 7) is 13.8. The zero-order valence-electron chi connectivity index (χ0n) is 15.3. The SMILES string of the molecule is C=CCCn1c(=O)n(CC=C)c(=O)n(CC(CC)OC(=O)C(=C)C)c1=O. The maximum atomic E-state index is 12.6. The number of aromatic nitrogens is 3. The van der Waals surface area contributed by atoms with Crippen LogP contribution in [0.25, 0.3) is 0 Å². The van der Waals surface area contributed by atoms with E-state index in [2.05, 4.69) is 19.7 Å². The molecule has 1 heterocycles. The predicted molar refractivity (Wildman–Crippen MR) is 99.2 cm³/mol. The number of hydrogen-bond acceptors (Lipinski definition) is 5. The van der Waals surface area contributed by atoms with E-state index in [0.717, 1.165) is 13.7 Å². The Labute approximate surface area is 151 Å². The minimum Gasteiger partial charge on any atom is -0.457 e. The van der Waals surface area contributed by atoms with Crippen LogP contribution in [0.1, 0.15) is 26.7 Å². The van der Waals surface area contributed by atoms with Gasteiger partial charge in [0, 0.05) is 12.1 Å². The van der Waals surface area contributed by atoms with Gasteiger partial charge in [-0.2, -0.15) is 0 Å². The lowest BCUT2D eigenvalue weighted by Gasteiger charge is -2.19. The second-order valence-electron chi connectivity index (χ2n) is 5.80. The fourth-order valence-corrected chi connectivity index (χ4v) is 2.24. The molecule has 26 heavy (non-hydrogen) atoms. The van der Waals surface area contributed by atoms with Gasteiger partial charge in [0.05, 0.1) is 13.1 Å². The molecule has 1 aromatic heterocycles. The molecule has 0 aliphatic heterocycles. The van der Waals surface area contributed by atoms with Crippen LogP contribution in [0.15, 0.2) is 51.8 Å². The van der Waals surface area contributed by atoms with Crippen molar-refractivity contribution in [3.05, 3.63) is 68.9 Å². The average Bonchev–Trinajstić information content (AvgIpc) is 2.61. The third kappa shape index (κ3) is 4.81. The molecule has 0 aliphatic carbocycles. The van der Waals surface area contributed by atoms with Crippen molar-refractivity contribution in [3.8, 4) is 0 Å². The Balaban J connectivity index is 3.44. The summed E-state index contributed by atoms with van der Waals surface area (Å²) >= 11 is 0.